The molecule has 146 valence electrons. The van der Waals surface area contributed by atoms with Crippen LogP contribution in [0.4, 0.5) is 0 Å². The summed E-state index contributed by atoms with van der Waals surface area (Å²) in [7, 11) is 0. The molecule has 0 unspecified atom stereocenters. The summed E-state index contributed by atoms with van der Waals surface area (Å²) in [6.45, 7) is 5.31. The van der Waals surface area contributed by atoms with Crippen molar-refractivity contribution in [1.29, 1.82) is 0 Å². The Bertz CT molecular complexity index is 802. The highest BCUT2D eigenvalue weighted by Gasteiger charge is 2.26. The number of nitrogens with one attached hydrogen (secondary N) is 1. The molecule has 1 aliphatic carbocycles. The Morgan fingerprint density at radius 1 is 1.19 bits per heavy atom. The molecule has 5 heteroatoms. The first-order valence-corrected chi connectivity index (χ1v) is 10.7. The third-order valence-electron chi connectivity index (χ3n) is 6.29. The lowest BCUT2D eigenvalue weighted by atomic mass is 9.88. The van der Waals surface area contributed by atoms with Crippen molar-refractivity contribution in [3.63, 3.8) is 0 Å². The third-order valence-corrected chi connectivity index (χ3v) is 6.58. The fourth-order valence-electron chi connectivity index (χ4n) is 4.67. The topological polar surface area (TPSA) is 45.5 Å². The Hall–Kier alpha value is -1.52. The highest BCUT2D eigenvalue weighted by atomic mass is 35.5. The number of likely N-dealkylation sites (tertiary alicyclic amines) is 1. The molecule has 2 fully saturated rings. The molecule has 0 spiro atoms. The van der Waals surface area contributed by atoms with E-state index in [0.717, 1.165) is 42.8 Å². The fourth-order valence-corrected chi connectivity index (χ4v) is 4.88. The molecule has 0 radical (unpaired) electrons. The second-order valence-electron chi connectivity index (χ2n) is 8.23. The van der Waals surface area contributed by atoms with Crippen molar-refractivity contribution >= 4 is 28.5 Å². The first-order chi connectivity index (χ1) is 13.1. The monoisotopic (exact) mass is 388 g/mol. The summed E-state index contributed by atoms with van der Waals surface area (Å²) in [6, 6.07) is 5.84. The standard InChI is InChI=1S/C22H29ClN2O2/c1-15-18-8-5-9-19(23)21(18)27-20(15)22(26)24-17-10-12-25(13-11-17)14-16-6-3-2-4-7-16/h5,8-9,16-17H,2-4,6-7,10-14H2,1H3,(H,24,26). The van der Waals surface area contributed by atoms with E-state index in [1.165, 1.54) is 38.6 Å². The van der Waals surface area contributed by atoms with Gasteiger partial charge in [0.05, 0.1) is 5.02 Å². The van der Waals surface area contributed by atoms with Crippen LogP contribution in [0.2, 0.25) is 5.02 Å². The van der Waals surface area contributed by atoms with Gasteiger partial charge in [-0.2, -0.15) is 0 Å². The number of para-hydroxylation sites is 1. The van der Waals surface area contributed by atoms with Crippen LogP contribution >= 0.6 is 11.6 Å². The van der Waals surface area contributed by atoms with E-state index in [9.17, 15) is 4.79 Å². The van der Waals surface area contributed by atoms with Crippen LogP contribution in [0.3, 0.4) is 0 Å². The molecular weight excluding hydrogens is 360 g/mol. The van der Waals surface area contributed by atoms with Gasteiger partial charge in [0.2, 0.25) is 0 Å². The number of nitrogens with zero attached hydrogens (tertiary/aromatic N) is 1. The van der Waals surface area contributed by atoms with Gasteiger partial charge in [0.1, 0.15) is 0 Å². The van der Waals surface area contributed by atoms with Crippen molar-refractivity contribution in [1.82, 2.24) is 10.2 Å². The summed E-state index contributed by atoms with van der Waals surface area (Å²) in [5.74, 6) is 1.15. The maximum atomic E-state index is 12.8. The van der Waals surface area contributed by atoms with E-state index in [1.54, 1.807) is 6.07 Å². The van der Waals surface area contributed by atoms with Crippen LogP contribution in [0, 0.1) is 12.8 Å². The summed E-state index contributed by atoms with van der Waals surface area (Å²) in [5, 5.41) is 4.64. The van der Waals surface area contributed by atoms with Gasteiger partial charge in [-0.25, -0.2) is 0 Å². The Kier molecular flexibility index (Phi) is 5.74. The van der Waals surface area contributed by atoms with Crippen molar-refractivity contribution in [2.75, 3.05) is 19.6 Å². The van der Waals surface area contributed by atoms with Crippen molar-refractivity contribution in [3.05, 3.63) is 34.5 Å². The fraction of sp³-hybridized carbons (Fsp3) is 0.591. The Morgan fingerprint density at radius 3 is 2.63 bits per heavy atom. The number of fused-ring (bicyclic) bond motifs is 1. The van der Waals surface area contributed by atoms with Gasteiger partial charge >= 0.3 is 0 Å². The van der Waals surface area contributed by atoms with Gasteiger partial charge < -0.3 is 14.6 Å². The number of carbonyl (C=O) groups is 1. The number of rotatable bonds is 4. The van der Waals surface area contributed by atoms with Crippen LogP contribution in [-0.2, 0) is 0 Å². The molecule has 27 heavy (non-hydrogen) atoms. The van der Waals surface area contributed by atoms with Crippen LogP contribution in [0.5, 0.6) is 0 Å². The highest BCUT2D eigenvalue weighted by molar-refractivity contribution is 6.35. The van der Waals surface area contributed by atoms with Crippen molar-refractivity contribution < 1.29 is 9.21 Å². The number of piperidine rings is 1. The number of aryl methyl sites for hydroxylation is 1. The van der Waals surface area contributed by atoms with E-state index in [4.69, 9.17) is 16.0 Å². The highest BCUT2D eigenvalue weighted by Crippen LogP contribution is 2.31. The Morgan fingerprint density at radius 2 is 1.93 bits per heavy atom. The molecule has 2 heterocycles. The van der Waals surface area contributed by atoms with E-state index in [2.05, 4.69) is 10.2 Å². The van der Waals surface area contributed by atoms with E-state index in [0.29, 0.717) is 16.4 Å². The van der Waals surface area contributed by atoms with Gasteiger partial charge in [0.15, 0.2) is 11.3 Å². The average molecular weight is 389 g/mol. The lowest BCUT2D eigenvalue weighted by Gasteiger charge is -2.35. The van der Waals surface area contributed by atoms with Crippen LogP contribution in [0.15, 0.2) is 22.6 Å². The van der Waals surface area contributed by atoms with Crippen molar-refractivity contribution in [2.45, 2.75) is 57.9 Å². The SMILES string of the molecule is Cc1c(C(=O)NC2CCN(CC3CCCCC3)CC2)oc2c(Cl)cccc12. The predicted octanol–water partition coefficient (Wildman–Crippen LogP) is 5.17. The second-order valence-corrected chi connectivity index (χ2v) is 8.63. The van der Waals surface area contributed by atoms with E-state index in [1.807, 2.05) is 19.1 Å². The van der Waals surface area contributed by atoms with Crippen LogP contribution in [-0.4, -0.2) is 36.5 Å². The molecular formula is C22H29ClN2O2. The first-order valence-electron chi connectivity index (χ1n) is 10.3. The number of amides is 1. The summed E-state index contributed by atoms with van der Waals surface area (Å²) in [4.78, 5) is 15.3. The zero-order valence-electron chi connectivity index (χ0n) is 16.1. The maximum Gasteiger partial charge on any atom is 0.287 e. The van der Waals surface area contributed by atoms with Gasteiger partial charge in [0.25, 0.3) is 5.91 Å². The smallest absolute Gasteiger partial charge is 0.287 e. The largest absolute Gasteiger partial charge is 0.449 e. The predicted molar refractivity (Wildman–Crippen MR) is 109 cm³/mol. The zero-order chi connectivity index (χ0) is 18.8. The minimum atomic E-state index is -0.120. The number of halogens is 1. The summed E-state index contributed by atoms with van der Waals surface area (Å²) in [5.41, 5.74) is 1.46. The summed E-state index contributed by atoms with van der Waals surface area (Å²) >= 11 is 6.20. The Balaban J connectivity index is 1.33. The number of furan rings is 1. The van der Waals surface area contributed by atoms with Crippen LogP contribution in [0.25, 0.3) is 11.0 Å². The second kappa shape index (κ2) is 8.24. The van der Waals surface area contributed by atoms with E-state index in [-0.39, 0.29) is 11.9 Å². The molecule has 1 aliphatic heterocycles. The third kappa shape index (κ3) is 4.17. The van der Waals surface area contributed by atoms with Gasteiger partial charge in [-0.3, -0.25) is 4.79 Å². The normalized spacial score (nSPS) is 20.2. The number of benzene rings is 1. The minimum Gasteiger partial charge on any atom is -0.449 e. The zero-order valence-corrected chi connectivity index (χ0v) is 16.9. The van der Waals surface area contributed by atoms with Crippen LogP contribution < -0.4 is 5.32 Å². The number of hydrogen-bond acceptors (Lipinski definition) is 3. The number of carbonyl (C=O) groups excluding carboxylic acids is 1. The van der Waals surface area contributed by atoms with E-state index < -0.39 is 0 Å². The van der Waals surface area contributed by atoms with E-state index >= 15 is 0 Å². The number of hydrogen-bond donors (Lipinski definition) is 1. The molecule has 1 amide bonds. The van der Waals surface area contributed by atoms with Gasteiger partial charge in [-0.05, 0) is 44.6 Å². The molecule has 4 nitrogen and oxygen atoms in total. The van der Waals surface area contributed by atoms with Gasteiger partial charge in [-0.1, -0.05) is 43.0 Å². The lowest BCUT2D eigenvalue weighted by Crippen LogP contribution is -2.46. The molecule has 1 aromatic carbocycles. The van der Waals surface area contributed by atoms with Crippen molar-refractivity contribution in [2.24, 2.45) is 5.92 Å². The van der Waals surface area contributed by atoms with Crippen molar-refractivity contribution in [3.8, 4) is 0 Å². The van der Waals surface area contributed by atoms with Gasteiger partial charge in [0, 0.05) is 36.6 Å². The first kappa shape index (κ1) is 18.8. The molecule has 1 saturated heterocycles. The maximum absolute atomic E-state index is 12.8. The molecule has 0 atom stereocenters. The molecule has 1 aromatic heterocycles. The molecule has 2 aromatic rings. The quantitative estimate of drug-likeness (QED) is 0.785. The molecule has 1 N–H and O–H groups in total. The summed E-state index contributed by atoms with van der Waals surface area (Å²) < 4.78 is 5.80. The molecule has 4 rings (SSSR count). The minimum absolute atomic E-state index is 0.120. The average Bonchev–Trinajstić information content (AvgIpc) is 3.03. The lowest BCUT2D eigenvalue weighted by molar-refractivity contribution is 0.0875. The van der Waals surface area contributed by atoms with Crippen LogP contribution in [0.1, 0.15) is 61.1 Å². The molecule has 0 bridgehead atoms. The Labute approximate surface area is 166 Å². The van der Waals surface area contributed by atoms with Gasteiger partial charge in [-0.15, -0.1) is 0 Å². The molecule has 2 aliphatic rings. The molecule has 1 saturated carbocycles. The summed E-state index contributed by atoms with van der Waals surface area (Å²) in [6.07, 6.45) is 9.03.